The minimum atomic E-state index is -0.503. The van der Waals surface area contributed by atoms with Crippen molar-refractivity contribution >= 4 is 45.6 Å². The van der Waals surface area contributed by atoms with Crippen LogP contribution in [0, 0.1) is 10.5 Å². The van der Waals surface area contributed by atoms with Crippen molar-refractivity contribution in [3.05, 3.63) is 51.1 Å². The van der Waals surface area contributed by atoms with E-state index in [2.05, 4.69) is 27.9 Å². The summed E-state index contributed by atoms with van der Waals surface area (Å²) in [4.78, 5) is 11.4. The highest BCUT2D eigenvalue weighted by atomic mass is 127. The van der Waals surface area contributed by atoms with E-state index < -0.39 is 5.91 Å². The topological polar surface area (TPSA) is 81.1 Å². The molecule has 0 aliphatic carbocycles. The van der Waals surface area contributed by atoms with Gasteiger partial charge in [0.25, 0.3) is 5.91 Å². The fraction of sp³-hybridized carbons (Fsp3) is 0.0714. The highest BCUT2D eigenvalue weighted by Gasteiger charge is 2.11. The van der Waals surface area contributed by atoms with Gasteiger partial charge in [-0.15, -0.1) is 0 Å². The molecule has 98 valence electrons. The molecule has 0 aliphatic rings. The molecule has 4 nitrogen and oxygen atoms in total. The Morgan fingerprint density at radius 1 is 1.26 bits per heavy atom. The Morgan fingerprint density at radius 3 is 2.63 bits per heavy atom. The first-order valence-electron chi connectivity index (χ1n) is 5.70. The molecule has 19 heavy (non-hydrogen) atoms. The number of nitrogens with two attached hydrogens (primary N) is 2. The van der Waals surface area contributed by atoms with Gasteiger partial charge in [-0.25, -0.2) is 0 Å². The van der Waals surface area contributed by atoms with E-state index in [1.807, 2.05) is 25.1 Å². The van der Waals surface area contributed by atoms with Gasteiger partial charge in [-0.1, -0.05) is 12.1 Å². The van der Waals surface area contributed by atoms with Gasteiger partial charge in [-0.3, -0.25) is 4.79 Å². The van der Waals surface area contributed by atoms with Crippen LogP contribution in [0.1, 0.15) is 15.9 Å². The Bertz CT molecular complexity index is 641. The Labute approximate surface area is 125 Å². The van der Waals surface area contributed by atoms with E-state index in [9.17, 15) is 4.79 Å². The van der Waals surface area contributed by atoms with Gasteiger partial charge in [-0.2, -0.15) is 0 Å². The molecule has 0 fully saturated rings. The second-order valence-corrected chi connectivity index (χ2v) is 5.39. The van der Waals surface area contributed by atoms with Gasteiger partial charge in [-0.05, 0) is 59.3 Å². The van der Waals surface area contributed by atoms with Crippen molar-refractivity contribution in [2.45, 2.75) is 6.92 Å². The van der Waals surface area contributed by atoms with Crippen molar-refractivity contribution in [3.63, 3.8) is 0 Å². The second-order valence-electron chi connectivity index (χ2n) is 4.22. The maximum Gasteiger partial charge on any atom is 0.250 e. The first-order chi connectivity index (χ1) is 8.99. The molecule has 0 heterocycles. The van der Waals surface area contributed by atoms with Gasteiger partial charge in [0.05, 0.1) is 16.9 Å². The Morgan fingerprint density at radius 2 is 2.00 bits per heavy atom. The van der Waals surface area contributed by atoms with E-state index in [0.29, 0.717) is 16.9 Å². The van der Waals surface area contributed by atoms with Gasteiger partial charge in [0.1, 0.15) is 0 Å². The normalized spacial score (nSPS) is 10.2. The smallest absolute Gasteiger partial charge is 0.250 e. The third-order valence-corrected chi connectivity index (χ3v) is 3.97. The van der Waals surface area contributed by atoms with Crippen LogP contribution >= 0.6 is 22.6 Å². The van der Waals surface area contributed by atoms with Gasteiger partial charge in [0, 0.05) is 9.26 Å². The number of anilines is 3. The molecular formula is C14H14IN3O. The fourth-order valence-corrected chi connectivity index (χ4v) is 2.25. The molecule has 0 aromatic heterocycles. The molecule has 2 aromatic carbocycles. The van der Waals surface area contributed by atoms with Crippen molar-refractivity contribution in [1.82, 2.24) is 0 Å². The quantitative estimate of drug-likeness (QED) is 0.576. The van der Waals surface area contributed by atoms with Crippen LogP contribution in [-0.2, 0) is 0 Å². The van der Waals surface area contributed by atoms with Crippen LogP contribution in [0.25, 0.3) is 0 Å². The summed E-state index contributed by atoms with van der Waals surface area (Å²) in [5, 5.41) is 3.16. The number of primary amides is 1. The largest absolute Gasteiger partial charge is 0.397 e. The summed E-state index contributed by atoms with van der Waals surface area (Å²) in [5.74, 6) is -0.503. The molecule has 5 heteroatoms. The summed E-state index contributed by atoms with van der Waals surface area (Å²) in [5.41, 5.74) is 14.8. The van der Waals surface area contributed by atoms with Gasteiger partial charge in [0.2, 0.25) is 0 Å². The highest BCUT2D eigenvalue weighted by molar-refractivity contribution is 14.1. The maximum atomic E-state index is 11.4. The number of hydrogen-bond donors (Lipinski definition) is 3. The number of amides is 1. The molecule has 1 amide bonds. The van der Waals surface area contributed by atoms with Crippen molar-refractivity contribution in [1.29, 1.82) is 0 Å². The molecule has 2 aromatic rings. The lowest BCUT2D eigenvalue weighted by atomic mass is 10.1. The predicted octanol–water partition coefficient (Wildman–Crippen LogP) is 3.02. The first kappa shape index (κ1) is 13.7. The second kappa shape index (κ2) is 5.48. The lowest BCUT2D eigenvalue weighted by molar-refractivity contribution is 0.100. The number of benzene rings is 2. The third-order valence-electron chi connectivity index (χ3n) is 2.80. The van der Waals surface area contributed by atoms with E-state index in [4.69, 9.17) is 11.5 Å². The van der Waals surface area contributed by atoms with E-state index in [1.165, 1.54) is 5.56 Å². The summed E-state index contributed by atoms with van der Waals surface area (Å²) < 4.78 is 1.14. The lowest BCUT2D eigenvalue weighted by Gasteiger charge is -2.13. The minimum Gasteiger partial charge on any atom is -0.397 e. The zero-order valence-electron chi connectivity index (χ0n) is 10.4. The maximum absolute atomic E-state index is 11.4. The fourth-order valence-electron chi connectivity index (χ4n) is 1.73. The van der Waals surface area contributed by atoms with Crippen LogP contribution in [-0.4, -0.2) is 5.91 Å². The number of nitrogen functional groups attached to an aromatic ring is 1. The lowest BCUT2D eigenvalue weighted by Crippen LogP contribution is -2.14. The number of aryl methyl sites for hydroxylation is 1. The molecule has 0 saturated heterocycles. The number of carbonyl (C=O) groups excluding carboxylic acids is 1. The van der Waals surface area contributed by atoms with E-state index in [-0.39, 0.29) is 0 Å². The number of halogens is 1. The molecule has 0 spiro atoms. The van der Waals surface area contributed by atoms with Crippen LogP contribution in [0.5, 0.6) is 0 Å². The third kappa shape index (κ3) is 2.98. The Hall–Kier alpha value is -1.76. The summed E-state index contributed by atoms with van der Waals surface area (Å²) in [6, 6.07) is 11.0. The molecule has 0 bridgehead atoms. The Kier molecular flexibility index (Phi) is 3.94. The van der Waals surface area contributed by atoms with Crippen molar-refractivity contribution in [2.75, 3.05) is 11.1 Å². The highest BCUT2D eigenvalue weighted by Crippen LogP contribution is 2.28. The van der Waals surface area contributed by atoms with Crippen LogP contribution < -0.4 is 16.8 Å². The first-order valence-corrected chi connectivity index (χ1v) is 6.78. The average molecular weight is 367 g/mol. The Balaban J connectivity index is 2.42. The number of hydrogen-bond acceptors (Lipinski definition) is 3. The molecule has 5 N–H and O–H groups in total. The summed E-state index contributed by atoms with van der Waals surface area (Å²) in [6.07, 6.45) is 0. The van der Waals surface area contributed by atoms with Gasteiger partial charge >= 0.3 is 0 Å². The van der Waals surface area contributed by atoms with E-state index >= 15 is 0 Å². The SMILES string of the molecule is Cc1ccc(Nc2c(N)cccc2C(N)=O)cc1I. The molecular weight excluding hydrogens is 353 g/mol. The van der Waals surface area contributed by atoms with Crippen LogP contribution in [0.2, 0.25) is 0 Å². The summed E-state index contributed by atoms with van der Waals surface area (Å²) in [6.45, 7) is 2.04. The molecule has 2 rings (SSSR count). The van der Waals surface area contributed by atoms with Crippen molar-refractivity contribution in [2.24, 2.45) is 5.73 Å². The van der Waals surface area contributed by atoms with Crippen LogP contribution in [0.15, 0.2) is 36.4 Å². The zero-order valence-corrected chi connectivity index (χ0v) is 12.6. The number of para-hydroxylation sites is 1. The van der Waals surface area contributed by atoms with E-state index in [0.717, 1.165) is 9.26 Å². The number of carbonyl (C=O) groups is 1. The zero-order chi connectivity index (χ0) is 14.0. The molecule has 0 saturated carbocycles. The van der Waals surface area contributed by atoms with Crippen molar-refractivity contribution in [3.8, 4) is 0 Å². The van der Waals surface area contributed by atoms with Crippen LogP contribution in [0.3, 0.4) is 0 Å². The predicted molar refractivity (Wildman–Crippen MR) is 86.6 cm³/mol. The van der Waals surface area contributed by atoms with Crippen molar-refractivity contribution < 1.29 is 4.79 Å². The summed E-state index contributed by atoms with van der Waals surface area (Å²) in [7, 11) is 0. The molecule has 0 radical (unpaired) electrons. The molecule has 0 unspecified atom stereocenters. The molecule has 0 atom stereocenters. The standard InChI is InChI=1S/C14H14IN3O/c1-8-5-6-9(7-11(8)15)18-13-10(14(17)19)3-2-4-12(13)16/h2-7,18H,16H2,1H3,(H2,17,19). The average Bonchev–Trinajstić information content (AvgIpc) is 2.36. The van der Waals surface area contributed by atoms with Crippen LogP contribution in [0.4, 0.5) is 17.1 Å². The van der Waals surface area contributed by atoms with Gasteiger partial charge < -0.3 is 16.8 Å². The molecule has 0 aliphatic heterocycles. The summed E-state index contributed by atoms with van der Waals surface area (Å²) >= 11 is 2.26. The monoisotopic (exact) mass is 367 g/mol. The number of nitrogens with one attached hydrogen (secondary N) is 1. The minimum absolute atomic E-state index is 0.385. The number of rotatable bonds is 3. The van der Waals surface area contributed by atoms with Gasteiger partial charge in [0.15, 0.2) is 0 Å². The van der Waals surface area contributed by atoms with E-state index in [1.54, 1.807) is 18.2 Å².